The number of esters is 1. The number of aryl methyl sites for hydroxylation is 2. The fourth-order valence-corrected chi connectivity index (χ4v) is 3.40. The molecule has 0 amide bonds. The van der Waals surface area contributed by atoms with Gasteiger partial charge in [-0.15, -0.1) is 0 Å². The highest BCUT2D eigenvalue weighted by Gasteiger charge is 2.20. The Balaban J connectivity index is 2.06. The van der Waals surface area contributed by atoms with Gasteiger partial charge in [-0.2, -0.15) is 0 Å². The van der Waals surface area contributed by atoms with Gasteiger partial charge in [-0.05, 0) is 46.5 Å². The Hall–Kier alpha value is -2.61. The van der Waals surface area contributed by atoms with Crippen LogP contribution in [0.5, 0.6) is 5.75 Å². The van der Waals surface area contributed by atoms with E-state index in [1.165, 1.54) is 29.2 Å². The normalized spacial score (nSPS) is 12.6. The molecule has 1 aliphatic carbocycles. The quantitative estimate of drug-likeness (QED) is 0.486. The minimum atomic E-state index is -0.277. The second kappa shape index (κ2) is 4.99. The monoisotopic (exact) mass is 288 g/mol. The molecular formula is C20H16O2. The maximum absolute atomic E-state index is 11.4. The standard InChI is InChI=1S/C20H16O2/c1-13(21)22-19-12-15-11-10-14-6-2-3-7-16(14)20(15)18-9-5-4-8-17(18)19/h2-9,12H,10-11H2,1H3. The number of fused-ring (bicyclic) bond motifs is 5. The Morgan fingerprint density at radius 1 is 0.909 bits per heavy atom. The molecule has 3 aromatic rings. The average Bonchev–Trinajstić information content (AvgIpc) is 2.54. The molecule has 0 saturated carbocycles. The van der Waals surface area contributed by atoms with E-state index in [-0.39, 0.29) is 5.97 Å². The molecule has 0 N–H and O–H groups in total. The van der Waals surface area contributed by atoms with E-state index in [1.54, 1.807) is 0 Å². The lowest BCUT2D eigenvalue weighted by Gasteiger charge is -2.23. The molecule has 0 aromatic heterocycles. The van der Waals surface area contributed by atoms with Crippen LogP contribution in [0.2, 0.25) is 0 Å². The molecule has 1 aliphatic rings. The molecule has 2 heteroatoms. The van der Waals surface area contributed by atoms with Crippen LogP contribution in [-0.4, -0.2) is 5.97 Å². The molecule has 4 rings (SSSR count). The van der Waals surface area contributed by atoms with E-state index in [0.717, 1.165) is 23.6 Å². The van der Waals surface area contributed by atoms with Crippen LogP contribution in [0.3, 0.4) is 0 Å². The third-order valence-electron chi connectivity index (χ3n) is 4.29. The summed E-state index contributed by atoms with van der Waals surface area (Å²) in [5.74, 6) is 0.391. The van der Waals surface area contributed by atoms with E-state index in [4.69, 9.17) is 4.74 Å². The number of carbonyl (C=O) groups excluding carboxylic acids is 1. The molecule has 0 radical (unpaired) electrons. The van der Waals surface area contributed by atoms with E-state index in [9.17, 15) is 4.79 Å². The van der Waals surface area contributed by atoms with E-state index < -0.39 is 0 Å². The molecule has 0 spiro atoms. The smallest absolute Gasteiger partial charge is 0.308 e. The van der Waals surface area contributed by atoms with Crippen molar-refractivity contribution < 1.29 is 9.53 Å². The summed E-state index contributed by atoms with van der Waals surface area (Å²) in [5.41, 5.74) is 5.23. The van der Waals surface area contributed by atoms with Crippen LogP contribution < -0.4 is 4.74 Å². The van der Waals surface area contributed by atoms with Crippen molar-refractivity contribution in [3.8, 4) is 16.9 Å². The number of hydrogen-bond donors (Lipinski definition) is 0. The lowest BCUT2D eigenvalue weighted by atomic mass is 9.82. The first-order valence-electron chi connectivity index (χ1n) is 7.55. The zero-order chi connectivity index (χ0) is 15.1. The second-order valence-electron chi connectivity index (χ2n) is 5.71. The third-order valence-corrected chi connectivity index (χ3v) is 4.29. The van der Waals surface area contributed by atoms with E-state index >= 15 is 0 Å². The van der Waals surface area contributed by atoms with E-state index in [1.807, 2.05) is 24.3 Å². The number of carbonyl (C=O) groups is 1. The SMILES string of the molecule is CC(=O)Oc1cc2c(c3ccccc13)-c1ccccc1CC2. The van der Waals surface area contributed by atoms with Gasteiger partial charge in [0.1, 0.15) is 5.75 Å². The molecule has 2 nitrogen and oxygen atoms in total. The van der Waals surface area contributed by atoms with Gasteiger partial charge in [0, 0.05) is 12.3 Å². The van der Waals surface area contributed by atoms with Gasteiger partial charge in [0.15, 0.2) is 0 Å². The highest BCUT2D eigenvalue weighted by molar-refractivity contribution is 6.03. The van der Waals surface area contributed by atoms with Crippen molar-refractivity contribution in [2.75, 3.05) is 0 Å². The van der Waals surface area contributed by atoms with Gasteiger partial charge in [-0.1, -0.05) is 48.5 Å². The van der Waals surface area contributed by atoms with Crippen LogP contribution in [-0.2, 0) is 17.6 Å². The zero-order valence-electron chi connectivity index (χ0n) is 12.4. The van der Waals surface area contributed by atoms with Crippen LogP contribution in [0.1, 0.15) is 18.1 Å². The molecular weight excluding hydrogens is 272 g/mol. The fraction of sp³-hybridized carbons (Fsp3) is 0.150. The number of benzene rings is 3. The Morgan fingerprint density at radius 3 is 2.41 bits per heavy atom. The largest absolute Gasteiger partial charge is 0.426 e. The predicted molar refractivity (Wildman–Crippen MR) is 88.1 cm³/mol. The Kier molecular flexibility index (Phi) is 2.97. The molecule has 3 aromatic carbocycles. The van der Waals surface area contributed by atoms with Gasteiger partial charge in [0.05, 0.1) is 0 Å². The average molecular weight is 288 g/mol. The Labute approximate surface area is 129 Å². The summed E-state index contributed by atoms with van der Waals surface area (Å²) in [4.78, 5) is 11.4. The Bertz CT molecular complexity index is 893. The number of rotatable bonds is 1. The minimum absolute atomic E-state index is 0.277. The van der Waals surface area contributed by atoms with Crippen molar-refractivity contribution in [1.29, 1.82) is 0 Å². The highest BCUT2D eigenvalue weighted by atomic mass is 16.5. The van der Waals surface area contributed by atoms with Crippen LogP contribution in [0, 0.1) is 0 Å². The van der Waals surface area contributed by atoms with Crippen molar-refractivity contribution in [2.24, 2.45) is 0 Å². The number of hydrogen-bond acceptors (Lipinski definition) is 2. The molecule has 0 heterocycles. The van der Waals surface area contributed by atoms with Gasteiger partial charge in [-0.3, -0.25) is 4.79 Å². The summed E-state index contributed by atoms with van der Waals surface area (Å²) in [6.45, 7) is 1.45. The molecule has 0 unspecified atom stereocenters. The van der Waals surface area contributed by atoms with Crippen LogP contribution in [0.15, 0.2) is 54.6 Å². The zero-order valence-corrected chi connectivity index (χ0v) is 12.4. The summed E-state index contributed by atoms with van der Waals surface area (Å²) in [5, 5.41) is 2.15. The summed E-state index contributed by atoms with van der Waals surface area (Å²) >= 11 is 0. The third kappa shape index (κ3) is 2.00. The van der Waals surface area contributed by atoms with Crippen LogP contribution >= 0.6 is 0 Å². The van der Waals surface area contributed by atoms with E-state index in [2.05, 4.69) is 30.3 Å². The molecule has 0 fully saturated rings. The van der Waals surface area contributed by atoms with Crippen molar-refractivity contribution in [2.45, 2.75) is 19.8 Å². The lowest BCUT2D eigenvalue weighted by Crippen LogP contribution is -2.07. The predicted octanol–water partition coefficient (Wildman–Crippen LogP) is 4.53. The van der Waals surface area contributed by atoms with Gasteiger partial charge in [-0.25, -0.2) is 0 Å². The summed E-state index contributed by atoms with van der Waals surface area (Å²) in [6.07, 6.45) is 2.01. The molecule has 0 saturated heterocycles. The topological polar surface area (TPSA) is 26.3 Å². The summed E-state index contributed by atoms with van der Waals surface area (Å²) in [6, 6.07) is 18.8. The van der Waals surface area contributed by atoms with Crippen molar-refractivity contribution in [3.63, 3.8) is 0 Å². The molecule has 0 bridgehead atoms. The van der Waals surface area contributed by atoms with Gasteiger partial charge >= 0.3 is 5.97 Å². The molecule has 0 atom stereocenters. The maximum Gasteiger partial charge on any atom is 0.308 e. The van der Waals surface area contributed by atoms with Gasteiger partial charge in [0.25, 0.3) is 0 Å². The molecule has 108 valence electrons. The van der Waals surface area contributed by atoms with Gasteiger partial charge < -0.3 is 4.74 Å². The first-order chi connectivity index (χ1) is 10.7. The van der Waals surface area contributed by atoms with Gasteiger partial charge in [0.2, 0.25) is 0 Å². The van der Waals surface area contributed by atoms with Crippen molar-refractivity contribution >= 4 is 16.7 Å². The fourth-order valence-electron chi connectivity index (χ4n) is 3.40. The first-order valence-corrected chi connectivity index (χ1v) is 7.55. The summed E-state index contributed by atoms with van der Waals surface area (Å²) < 4.78 is 5.44. The maximum atomic E-state index is 11.4. The first kappa shape index (κ1) is 13.1. The number of ether oxygens (including phenoxy) is 1. The Morgan fingerprint density at radius 2 is 1.59 bits per heavy atom. The summed E-state index contributed by atoms with van der Waals surface area (Å²) in [7, 11) is 0. The van der Waals surface area contributed by atoms with Crippen molar-refractivity contribution in [3.05, 3.63) is 65.7 Å². The molecule has 0 aliphatic heterocycles. The van der Waals surface area contributed by atoms with Crippen molar-refractivity contribution in [1.82, 2.24) is 0 Å². The van der Waals surface area contributed by atoms with Crippen LogP contribution in [0.4, 0.5) is 0 Å². The highest BCUT2D eigenvalue weighted by Crippen LogP contribution is 2.42. The lowest BCUT2D eigenvalue weighted by molar-refractivity contribution is -0.131. The minimum Gasteiger partial charge on any atom is -0.426 e. The van der Waals surface area contributed by atoms with E-state index in [0.29, 0.717) is 5.75 Å². The second-order valence-corrected chi connectivity index (χ2v) is 5.71. The molecule has 22 heavy (non-hydrogen) atoms. The van der Waals surface area contributed by atoms with Crippen LogP contribution in [0.25, 0.3) is 21.9 Å².